The Hall–Kier alpha value is -0.850. The first-order valence-electron chi connectivity index (χ1n) is 3.85. The van der Waals surface area contributed by atoms with Gasteiger partial charge in [0, 0.05) is 0 Å². The van der Waals surface area contributed by atoms with Crippen molar-refractivity contribution in [3.05, 3.63) is 23.8 Å². The molecule has 1 unspecified atom stereocenters. The zero-order chi connectivity index (χ0) is 8.85. The number of carbonyl (C=O) groups is 1. The molecule has 0 aromatic carbocycles. The Morgan fingerprint density at radius 1 is 1.55 bits per heavy atom. The lowest BCUT2D eigenvalue weighted by Gasteiger charge is -2.05. The maximum atomic E-state index is 10.3. The Morgan fingerprint density at radius 2 is 2.09 bits per heavy atom. The molecule has 0 saturated heterocycles. The summed E-state index contributed by atoms with van der Waals surface area (Å²) in [6.07, 6.45) is 3.88. The second kappa shape index (κ2) is 4.89. The van der Waals surface area contributed by atoms with Crippen LogP contribution in [0, 0.1) is 5.92 Å². The lowest BCUT2D eigenvalue weighted by Crippen LogP contribution is -1.97. The standard InChI is InChI=1S/C10H16O/c1-8(2)5-6-9(3)10(4)7-11/h5,7,9H,4,6H2,1-3H3. The normalized spacial score (nSPS) is 11.9. The van der Waals surface area contributed by atoms with Gasteiger partial charge in [0.1, 0.15) is 6.29 Å². The van der Waals surface area contributed by atoms with Crippen molar-refractivity contribution in [2.75, 3.05) is 0 Å². The quantitative estimate of drug-likeness (QED) is 0.344. The van der Waals surface area contributed by atoms with Crippen LogP contribution in [0.5, 0.6) is 0 Å². The fraction of sp³-hybridized carbons (Fsp3) is 0.500. The van der Waals surface area contributed by atoms with Crippen molar-refractivity contribution in [1.29, 1.82) is 0 Å². The Morgan fingerprint density at radius 3 is 2.45 bits per heavy atom. The van der Waals surface area contributed by atoms with Gasteiger partial charge in [-0.1, -0.05) is 25.2 Å². The van der Waals surface area contributed by atoms with Gasteiger partial charge in [-0.3, -0.25) is 4.79 Å². The van der Waals surface area contributed by atoms with Gasteiger partial charge in [0.25, 0.3) is 0 Å². The molecule has 0 fully saturated rings. The van der Waals surface area contributed by atoms with E-state index in [4.69, 9.17) is 0 Å². The van der Waals surface area contributed by atoms with Crippen LogP contribution < -0.4 is 0 Å². The van der Waals surface area contributed by atoms with Crippen molar-refractivity contribution >= 4 is 6.29 Å². The average Bonchev–Trinajstić information content (AvgIpc) is 1.98. The summed E-state index contributed by atoms with van der Waals surface area (Å²) in [5.74, 6) is 0.280. The maximum Gasteiger partial charge on any atom is 0.145 e. The summed E-state index contributed by atoms with van der Waals surface area (Å²) in [5.41, 5.74) is 1.97. The molecule has 0 radical (unpaired) electrons. The maximum absolute atomic E-state index is 10.3. The zero-order valence-corrected chi connectivity index (χ0v) is 7.55. The molecular formula is C10H16O. The average molecular weight is 152 g/mol. The van der Waals surface area contributed by atoms with E-state index in [0.29, 0.717) is 5.57 Å². The number of rotatable bonds is 4. The Bertz CT molecular complexity index is 173. The lowest BCUT2D eigenvalue weighted by atomic mass is 9.99. The topological polar surface area (TPSA) is 17.1 Å². The van der Waals surface area contributed by atoms with Gasteiger partial charge in [-0.05, 0) is 31.8 Å². The number of aldehydes is 1. The fourth-order valence-corrected chi connectivity index (χ4v) is 0.680. The second-order valence-corrected chi connectivity index (χ2v) is 3.11. The summed E-state index contributed by atoms with van der Waals surface area (Å²) >= 11 is 0. The van der Waals surface area contributed by atoms with Crippen LogP contribution >= 0.6 is 0 Å². The van der Waals surface area contributed by atoms with E-state index >= 15 is 0 Å². The summed E-state index contributed by atoms with van der Waals surface area (Å²) < 4.78 is 0. The van der Waals surface area contributed by atoms with Crippen molar-refractivity contribution in [3.63, 3.8) is 0 Å². The molecule has 1 heteroatoms. The highest BCUT2D eigenvalue weighted by Crippen LogP contribution is 2.11. The zero-order valence-electron chi connectivity index (χ0n) is 7.55. The summed E-state index contributed by atoms with van der Waals surface area (Å²) in [7, 11) is 0. The third-order valence-corrected chi connectivity index (χ3v) is 1.66. The minimum absolute atomic E-state index is 0.280. The van der Waals surface area contributed by atoms with Crippen LogP contribution in [-0.2, 0) is 4.79 Å². The van der Waals surface area contributed by atoms with Crippen LogP contribution in [0.25, 0.3) is 0 Å². The van der Waals surface area contributed by atoms with Crippen LogP contribution in [0.1, 0.15) is 27.2 Å². The van der Waals surface area contributed by atoms with Gasteiger partial charge < -0.3 is 0 Å². The van der Waals surface area contributed by atoms with Crippen molar-refractivity contribution in [2.45, 2.75) is 27.2 Å². The van der Waals surface area contributed by atoms with Crippen molar-refractivity contribution in [3.8, 4) is 0 Å². The molecule has 0 saturated carbocycles. The smallest absolute Gasteiger partial charge is 0.145 e. The van der Waals surface area contributed by atoms with E-state index in [9.17, 15) is 4.79 Å². The van der Waals surface area contributed by atoms with Crippen molar-refractivity contribution in [1.82, 2.24) is 0 Å². The molecule has 1 nitrogen and oxygen atoms in total. The van der Waals surface area contributed by atoms with Gasteiger partial charge in [-0.2, -0.15) is 0 Å². The van der Waals surface area contributed by atoms with Crippen LogP contribution in [0.2, 0.25) is 0 Å². The molecular weight excluding hydrogens is 136 g/mol. The molecule has 0 aromatic heterocycles. The molecule has 1 atom stereocenters. The molecule has 0 aromatic rings. The van der Waals surface area contributed by atoms with Gasteiger partial charge in [0.05, 0.1) is 0 Å². The van der Waals surface area contributed by atoms with Gasteiger partial charge in [0.15, 0.2) is 0 Å². The first kappa shape index (κ1) is 10.2. The molecule has 0 aliphatic heterocycles. The Balaban J connectivity index is 3.87. The lowest BCUT2D eigenvalue weighted by molar-refractivity contribution is -0.105. The molecule has 0 amide bonds. The van der Waals surface area contributed by atoms with Crippen LogP contribution in [-0.4, -0.2) is 6.29 Å². The molecule has 0 aliphatic rings. The molecule has 62 valence electrons. The van der Waals surface area contributed by atoms with E-state index in [1.54, 1.807) is 0 Å². The van der Waals surface area contributed by atoms with Crippen molar-refractivity contribution < 1.29 is 4.79 Å². The fourth-order valence-electron chi connectivity index (χ4n) is 0.680. The highest BCUT2D eigenvalue weighted by molar-refractivity contribution is 5.72. The third-order valence-electron chi connectivity index (χ3n) is 1.66. The monoisotopic (exact) mass is 152 g/mol. The van der Waals surface area contributed by atoms with Crippen LogP contribution in [0.3, 0.4) is 0 Å². The predicted octanol–water partition coefficient (Wildman–Crippen LogP) is 2.73. The van der Waals surface area contributed by atoms with Gasteiger partial charge in [-0.25, -0.2) is 0 Å². The molecule has 0 N–H and O–H groups in total. The summed E-state index contributed by atoms with van der Waals surface area (Å²) in [5, 5.41) is 0. The van der Waals surface area contributed by atoms with E-state index in [1.165, 1.54) is 5.57 Å². The van der Waals surface area contributed by atoms with E-state index < -0.39 is 0 Å². The van der Waals surface area contributed by atoms with E-state index in [2.05, 4.69) is 26.5 Å². The third kappa shape index (κ3) is 4.54. The second-order valence-electron chi connectivity index (χ2n) is 3.11. The summed E-state index contributed by atoms with van der Waals surface area (Å²) in [4.78, 5) is 10.3. The number of hydrogen-bond donors (Lipinski definition) is 0. The number of hydrogen-bond acceptors (Lipinski definition) is 1. The minimum Gasteiger partial charge on any atom is -0.298 e. The van der Waals surface area contributed by atoms with Gasteiger partial charge >= 0.3 is 0 Å². The van der Waals surface area contributed by atoms with E-state index in [-0.39, 0.29) is 5.92 Å². The number of allylic oxidation sites excluding steroid dienone is 3. The summed E-state index contributed by atoms with van der Waals surface area (Å²) in [6.45, 7) is 9.77. The minimum atomic E-state index is 0.280. The van der Waals surface area contributed by atoms with Crippen LogP contribution in [0.4, 0.5) is 0 Å². The van der Waals surface area contributed by atoms with Gasteiger partial charge in [0.2, 0.25) is 0 Å². The largest absolute Gasteiger partial charge is 0.298 e. The first-order chi connectivity index (χ1) is 5.07. The molecule has 0 heterocycles. The number of carbonyl (C=O) groups excluding carboxylic acids is 1. The molecule has 0 rings (SSSR count). The Labute approximate surface area is 68.8 Å². The first-order valence-corrected chi connectivity index (χ1v) is 3.85. The van der Waals surface area contributed by atoms with E-state index in [0.717, 1.165) is 12.7 Å². The molecule has 0 aliphatic carbocycles. The van der Waals surface area contributed by atoms with Gasteiger partial charge in [-0.15, -0.1) is 0 Å². The highest BCUT2D eigenvalue weighted by atomic mass is 16.1. The van der Waals surface area contributed by atoms with E-state index in [1.807, 2.05) is 6.92 Å². The van der Waals surface area contributed by atoms with Crippen molar-refractivity contribution in [2.24, 2.45) is 5.92 Å². The molecule has 11 heavy (non-hydrogen) atoms. The Kier molecular flexibility index (Phi) is 4.51. The predicted molar refractivity (Wildman–Crippen MR) is 48.4 cm³/mol. The highest BCUT2D eigenvalue weighted by Gasteiger charge is 2.02. The molecule has 0 spiro atoms. The SMILES string of the molecule is C=C(C=O)C(C)CC=C(C)C. The summed E-state index contributed by atoms with van der Waals surface area (Å²) in [6, 6.07) is 0. The van der Waals surface area contributed by atoms with Crippen LogP contribution in [0.15, 0.2) is 23.8 Å². The molecule has 0 bridgehead atoms.